The Balaban J connectivity index is 2.25. The summed E-state index contributed by atoms with van der Waals surface area (Å²) in [6, 6.07) is 5.43. The number of amides is 1. The first-order valence-electron chi connectivity index (χ1n) is 5.22. The van der Waals surface area contributed by atoms with Gasteiger partial charge in [0.1, 0.15) is 5.69 Å². The molecule has 0 unspecified atom stereocenters. The van der Waals surface area contributed by atoms with Crippen molar-refractivity contribution in [3.63, 3.8) is 0 Å². The third-order valence-corrected chi connectivity index (χ3v) is 2.67. The minimum atomic E-state index is -0.196. The summed E-state index contributed by atoms with van der Waals surface area (Å²) in [4.78, 5) is 15.8. The molecular weight excluding hydrogens is 216 g/mol. The molecule has 0 fully saturated rings. The quantitative estimate of drug-likeness (QED) is 0.769. The first-order chi connectivity index (χ1) is 8.09. The van der Waals surface area contributed by atoms with Crippen molar-refractivity contribution in [3.05, 3.63) is 42.0 Å². The second-order valence-corrected chi connectivity index (χ2v) is 3.86. The number of hydrogen-bond donors (Lipinski definition) is 2. The van der Waals surface area contributed by atoms with Crippen LogP contribution < -0.4 is 11.1 Å². The van der Waals surface area contributed by atoms with Crippen LogP contribution >= 0.6 is 0 Å². The van der Waals surface area contributed by atoms with Gasteiger partial charge in [0, 0.05) is 18.4 Å². The number of aryl methyl sites for hydroxylation is 1. The lowest BCUT2D eigenvalue weighted by molar-refractivity contribution is 0.101. The smallest absolute Gasteiger partial charge is 0.273 e. The van der Waals surface area contributed by atoms with E-state index in [0.717, 1.165) is 11.3 Å². The minimum Gasteiger partial charge on any atom is -0.398 e. The number of nitrogens with two attached hydrogens (primary N) is 1. The number of nitrogens with one attached hydrogen (secondary N) is 1. The van der Waals surface area contributed by atoms with Crippen LogP contribution in [-0.2, 0) is 7.05 Å². The SMILES string of the molecule is Cc1c(N)cccc1NC(=O)c1cncn1C. The molecule has 0 atom stereocenters. The molecule has 0 aliphatic carbocycles. The molecule has 0 aliphatic rings. The van der Waals surface area contributed by atoms with Crippen LogP contribution in [0.25, 0.3) is 0 Å². The van der Waals surface area contributed by atoms with Crippen molar-refractivity contribution < 1.29 is 4.79 Å². The fraction of sp³-hybridized carbons (Fsp3) is 0.167. The highest BCUT2D eigenvalue weighted by Crippen LogP contribution is 2.20. The van der Waals surface area contributed by atoms with Crippen molar-refractivity contribution in [2.24, 2.45) is 7.05 Å². The van der Waals surface area contributed by atoms with Gasteiger partial charge in [-0.05, 0) is 24.6 Å². The molecule has 3 N–H and O–H groups in total. The lowest BCUT2D eigenvalue weighted by Crippen LogP contribution is -2.16. The molecule has 0 radical (unpaired) electrons. The maximum absolute atomic E-state index is 11.9. The molecule has 0 saturated carbocycles. The van der Waals surface area contributed by atoms with Crippen LogP contribution in [0.4, 0.5) is 11.4 Å². The number of imidazole rings is 1. The molecule has 5 heteroatoms. The maximum Gasteiger partial charge on any atom is 0.273 e. The normalized spacial score (nSPS) is 10.2. The summed E-state index contributed by atoms with van der Waals surface area (Å²) >= 11 is 0. The predicted octanol–water partition coefficient (Wildman–Crippen LogP) is 1.56. The fourth-order valence-corrected chi connectivity index (χ4v) is 1.55. The van der Waals surface area contributed by atoms with Crippen LogP contribution in [0.3, 0.4) is 0 Å². The predicted molar refractivity (Wildman–Crippen MR) is 66.8 cm³/mol. The van der Waals surface area contributed by atoms with E-state index in [1.54, 1.807) is 30.1 Å². The van der Waals surface area contributed by atoms with E-state index in [1.807, 2.05) is 13.0 Å². The third kappa shape index (κ3) is 2.13. The fourth-order valence-electron chi connectivity index (χ4n) is 1.55. The minimum absolute atomic E-state index is 0.196. The van der Waals surface area contributed by atoms with Gasteiger partial charge in [0.15, 0.2) is 0 Å². The highest BCUT2D eigenvalue weighted by atomic mass is 16.2. The van der Waals surface area contributed by atoms with E-state index in [9.17, 15) is 4.79 Å². The monoisotopic (exact) mass is 230 g/mol. The van der Waals surface area contributed by atoms with Gasteiger partial charge < -0.3 is 15.6 Å². The van der Waals surface area contributed by atoms with Crippen molar-refractivity contribution in [2.75, 3.05) is 11.1 Å². The second kappa shape index (κ2) is 4.29. The number of hydrogen-bond acceptors (Lipinski definition) is 3. The van der Waals surface area contributed by atoms with E-state index in [-0.39, 0.29) is 5.91 Å². The summed E-state index contributed by atoms with van der Waals surface area (Å²) in [6.45, 7) is 1.87. The third-order valence-electron chi connectivity index (χ3n) is 2.67. The molecule has 0 aliphatic heterocycles. The van der Waals surface area contributed by atoms with Gasteiger partial charge in [-0.1, -0.05) is 6.07 Å². The Morgan fingerprint density at radius 1 is 1.47 bits per heavy atom. The molecule has 1 heterocycles. The molecule has 17 heavy (non-hydrogen) atoms. The summed E-state index contributed by atoms with van der Waals surface area (Å²) in [5.74, 6) is -0.196. The number of carbonyl (C=O) groups excluding carboxylic acids is 1. The highest BCUT2D eigenvalue weighted by molar-refractivity contribution is 6.03. The highest BCUT2D eigenvalue weighted by Gasteiger charge is 2.11. The molecule has 0 spiro atoms. The van der Waals surface area contributed by atoms with Gasteiger partial charge in [0.25, 0.3) is 5.91 Å². The van der Waals surface area contributed by atoms with Gasteiger partial charge in [-0.25, -0.2) is 4.98 Å². The Kier molecular flexibility index (Phi) is 2.82. The Morgan fingerprint density at radius 3 is 2.88 bits per heavy atom. The van der Waals surface area contributed by atoms with Crippen molar-refractivity contribution >= 4 is 17.3 Å². The number of anilines is 2. The van der Waals surface area contributed by atoms with E-state index < -0.39 is 0 Å². The number of nitrogen functional groups attached to an aromatic ring is 1. The summed E-state index contributed by atoms with van der Waals surface area (Å²) in [5.41, 5.74) is 8.53. The van der Waals surface area contributed by atoms with Gasteiger partial charge in [-0.2, -0.15) is 0 Å². The summed E-state index contributed by atoms with van der Waals surface area (Å²) in [7, 11) is 1.77. The molecule has 5 nitrogen and oxygen atoms in total. The number of rotatable bonds is 2. The van der Waals surface area contributed by atoms with Gasteiger partial charge >= 0.3 is 0 Å². The summed E-state index contributed by atoms with van der Waals surface area (Å²) < 4.78 is 1.66. The Morgan fingerprint density at radius 2 is 2.24 bits per heavy atom. The molecule has 1 aromatic carbocycles. The van der Waals surface area contributed by atoms with E-state index in [2.05, 4.69) is 10.3 Å². The molecule has 1 amide bonds. The van der Waals surface area contributed by atoms with E-state index >= 15 is 0 Å². The zero-order chi connectivity index (χ0) is 12.4. The van der Waals surface area contributed by atoms with Gasteiger partial charge in [0.2, 0.25) is 0 Å². The van der Waals surface area contributed by atoms with E-state index in [1.165, 1.54) is 6.20 Å². The molecule has 1 aromatic heterocycles. The molecule has 88 valence electrons. The van der Waals surface area contributed by atoms with Gasteiger partial charge in [-0.15, -0.1) is 0 Å². The molecule has 0 saturated heterocycles. The van der Waals surface area contributed by atoms with Crippen LogP contribution in [-0.4, -0.2) is 15.5 Å². The number of carbonyl (C=O) groups is 1. The first-order valence-corrected chi connectivity index (χ1v) is 5.22. The largest absolute Gasteiger partial charge is 0.398 e. The summed E-state index contributed by atoms with van der Waals surface area (Å²) in [5, 5.41) is 2.81. The lowest BCUT2D eigenvalue weighted by Gasteiger charge is -2.10. The number of benzene rings is 1. The van der Waals surface area contributed by atoms with Crippen LogP contribution in [0.2, 0.25) is 0 Å². The molecule has 2 aromatic rings. The van der Waals surface area contributed by atoms with Crippen LogP contribution in [0.15, 0.2) is 30.7 Å². The van der Waals surface area contributed by atoms with Crippen LogP contribution in [0.1, 0.15) is 16.1 Å². The van der Waals surface area contributed by atoms with Crippen molar-refractivity contribution in [3.8, 4) is 0 Å². The summed E-state index contributed by atoms with van der Waals surface area (Å²) in [6.07, 6.45) is 3.11. The van der Waals surface area contributed by atoms with E-state index in [4.69, 9.17) is 5.73 Å². The zero-order valence-electron chi connectivity index (χ0n) is 9.77. The van der Waals surface area contributed by atoms with Crippen molar-refractivity contribution in [1.82, 2.24) is 9.55 Å². The maximum atomic E-state index is 11.9. The Hall–Kier alpha value is -2.30. The van der Waals surface area contributed by atoms with Crippen LogP contribution in [0, 0.1) is 6.92 Å². The van der Waals surface area contributed by atoms with Crippen molar-refractivity contribution in [2.45, 2.75) is 6.92 Å². The average Bonchev–Trinajstić information content (AvgIpc) is 2.71. The molecular formula is C12H14N4O. The number of nitrogens with zero attached hydrogens (tertiary/aromatic N) is 2. The van der Waals surface area contributed by atoms with Gasteiger partial charge in [-0.3, -0.25) is 4.79 Å². The van der Waals surface area contributed by atoms with Crippen molar-refractivity contribution in [1.29, 1.82) is 0 Å². The van der Waals surface area contributed by atoms with Crippen LogP contribution in [0.5, 0.6) is 0 Å². The van der Waals surface area contributed by atoms with Gasteiger partial charge in [0.05, 0.1) is 12.5 Å². The second-order valence-electron chi connectivity index (χ2n) is 3.86. The average molecular weight is 230 g/mol. The molecule has 0 bridgehead atoms. The standard InChI is InChI=1S/C12H14N4O/c1-8-9(13)4-3-5-10(8)15-12(17)11-6-14-7-16(11)2/h3-7H,13H2,1-2H3,(H,15,17). The Bertz CT molecular complexity index is 559. The number of aromatic nitrogens is 2. The Labute approximate surface area is 99.3 Å². The topological polar surface area (TPSA) is 72.9 Å². The molecule has 2 rings (SSSR count). The zero-order valence-corrected chi connectivity index (χ0v) is 9.77. The first kappa shape index (κ1) is 11.2. The van der Waals surface area contributed by atoms with E-state index in [0.29, 0.717) is 11.4 Å². The lowest BCUT2D eigenvalue weighted by atomic mass is 10.1.